The fourth-order valence-electron chi connectivity index (χ4n) is 1.43. The highest BCUT2D eigenvalue weighted by Crippen LogP contribution is 2.34. The highest BCUT2D eigenvalue weighted by atomic mass is 35.5. The number of carbonyl (C=O) groups excluding carboxylic acids is 2. The van der Waals surface area contributed by atoms with E-state index in [9.17, 15) is 9.59 Å². The maximum atomic E-state index is 11.8. The van der Waals surface area contributed by atoms with Gasteiger partial charge in [-0.25, -0.2) is 9.78 Å². The molecule has 0 aliphatic heterocycles. The number of ether oxygens (including phenoxy) is 1. The fourth-order valence-corrected chi connectivity index (χ4v) is 3.51. The first-order valence-electron chi connectivity index (χ1n) is 5.46. The van der Waals surface area contributed by atoms with E-state index in [1.807, 2.05) is 0 Å². The summed E-state index contributed by atoms with van der Waals surface area (Å²) in [4.78, 5) is 28.7. The first-order chi connectivity index (χ1) is 9.02. The second-order valence-electron chi connectivity index (χ2n) is 3.60. The van der Waals surface area contributed by atoms with Crippen molar-refractivity contribution in [3.05, 3.63) is 27.0 Å². The standard InChI is InChI=1S/C12H10ClNO3S2/c1-3-17-12(16)9-10(6(2)15)19-11(14-9)8-4-7(13)5-18-8/h4-5H,3H2,1-2H3. The molecule has 0 atom stereocenters. The molecule has 0 fully saturated rings. The number of esters is 1. The smallest absolute Gasteiger partial charge is 0.358 e. The molecule has 4 nitrogen and oxygen atoms in total. The molecule has 19 heavy (non-hydrogen) atoms. The molecule has 0 radical (unpaired) electrons. The zero-order chi connectivity index (χ0) is 14.0. The lowest BCUT2D eigenvalue weighted by molar-refractivity contribution is 0.0517. The average Bonchev–Trinajstić information content (AvgIpc) is 2.94. The van der Waals surface area contributed by atoms with Gasteiger partial charge in [-0.3, -0.25) is 4.79 Å². The van der Waals surface area contributed by atoms with Crippen LogP contribution in [0.15, 0.2) is 11.4 Å². The van der Waals surface area contributed by atoms with Gasteiger partial charge in [-0.1, -0.05) is 11.6 Å². The molecule has 0 spiro atoms. The number of halogens is 1. The van der Waals surface area contributed by atoms with Gasteiger partial charge in [-0.05, 0) is 13.0 Å². The SMILES string of the molecule is CCOC(=O)c1nc(-c2cc(Cl)cs2)sc1C(C)=O. The number of hydrogen-bond donors (Lipinski definition) is 0. The van der Waals surface area contributed by atoms with Gasteiger partial charge >= 0.3 is 5.97 Å². The summed E-state index contributed by atoms with van der Waals surface area (Å²) < 4.78 is 4.90. The third-order valence-electron chi connectivity index (χ3n) is 2.19. The lowest BCUT2D eigenvalue weighted by Gasteiger charge is -1.98. The van der Waals surface area contributed by atoms with Crippen LogP contribution >= 0.6 is 34.3 Å². The molecule has 2 aromatic rings. The maximum absolute atomic E-state index is 11.8. The number of hydrogen-bond acceptors (Lipinski definition) is 6. The van der Waals surface area contributed by atoms with Gasteiger partial charge in [0.05, 0.1) is 16.5 Å². The molecule has 0 saturated heterocycles. The second-order valence-corrected chi connectivity index (χ2v) is 5.95. The van der Waals surface area contributed by atoms with Crippen LogP contribution in [0.2, 0.25) is 5.02 Å². The molecule has 0 amide bonds. The highest BCUT2D eigenvalue weighted by Gasteiger charge is 2.23. The Balaban J connectivity index is 2.46. The number of carbonyl (C=O) groups is 2. The van der Waals surface area contributed by atoms with Gasteiger partial charge < -0.3 is 4.74 Å². The molecule has 2 aromatic heterocycles. The van der Waals surface area contributed by atoms with Gasteiger partial charge in [0.1, 0.15) is 9.88 Å². The highest BCUT2D eigenvalue weighted by molar-refractivity contribution is 7.22. The number of thiazole rings is 1. The van der Waals surface area contributed by atoms with E-state index in [1.165, 1.54) is 29.6 Å². The van der Waals surface area contributed by atoms with Gasteiger partial charge in [-0.15, -0.1) is 22.7 Å². The van der Waals surface area contributed by atoms with Crippen LogP contribution in [-0.2, 0) is 4.74 Å². The normalized spacial score (nSPS) is 10.5. The predicted octanol–water partition coefficient (Wildman–Crippen LogP) is 3.90. The molecular weight excluding hydrogens is 306 g/mol. The van der Waals surface area contributed by atoms with Crippen LogP contribution in [-0.4, -0.2) is 23.3 Å². The summed E-state index contributed by atoms with van der Waals surface area (Å²) in [5.41, 5.74) is 0.0823. The van der Waals surface area contributed by atoms with Crippen LogP contribution in [0.4, 0.5) is 0 Å². The minimum atomic E-state index is -0.571. The molecule has 2 rings (SSSR count). The Hall–Kier alpha value is -1.24. The van der Waals surface area contributed by atoms with Crippen molar-refractivity contribution < 1.29 is 14.3 Å². The van der Waals surface area contributed by atoms with Crippen LogP contribution in [0, 0.1) is 0 Å². The number of aromatic nitrogens is 1. The van der Waals surface area contributed by atoms with Crippen molar-refractivity contribution in [2.75, 3.05) is 6.61 Å². The van der Waals surface area contributed by atoms with Crippen LogP contribution in [0.5, 0.6) is 0 Å². The summed E-state index contributed by atoms with van der Waals surface area (Å²) in [5.74, 6) is -0.771. The van der Waals surface area contributed by atoms with E-state index in [2.05, 4.69) is 4.98 Å². The molecule has 0 saturated carbocycles. The second kappa shape index (κ2) is 5.81. The first-order valence-corrected chi connectivity index (χ1v) is 7.53. The van der Waals surface area contributed by atoms with Crippen LogP contribution in [0.1, 0.15) is 34.0 Å². The molecule has 2 heterocycles. The third-order valence-corrected chi connectivity index (χ3v) is 4.80. The van der Waals surface area contributed by atoms with Crippen LogP contribution in [0.25, 0.3) is 9.88 Å². The van der Waals surface area contributed by atoms with E-state index in [0.29, 0.717) is 14.9 Å². The van der Waals surface area contributed by atoms with Gasteiger partial charge in [0, 0.05) is 12.3 Å². The Morgan fingerprint density at radius 1 is 1.47 bits per heavy atom. The Bertz CT molecular complexity index is 633. The molecule has 7 heteroatoms. The van der Waals surface area contributed by atoms with E-state index >= 15 is 0 Å². The minimum absolute atomic E-state index is 0.0823. The fraction of sp³-hybridized carbons (Fsp3) is 0.250. The number of thiophene rings is 1. The van der Waals surface area contributed by atoms with Gasteiger partial charge in [0.2, 0.25) is 0 Å². The van der Waals surface area contributed by atoms with Gasteiger partial charge in [-0.2, -0.15) is 0 Å². The Kier molecular flexibility index (Phi) is 4.34. The topological polar surface area (TPSA) is 56.3 Å². The van der Waals surface area contributed by atoms with Gasteiger partial charge in [0.15, 0.2) is 11.5 Å². The molecular formula is C12H10ClNO3S2. The van der Waals surface area contributed by atoms with Crippen molar-refractivity contribution in [1.29, 1.82) is 0 Å². The zero-order valence-electron chi connectivity index (χ0n) is 10.2. The van der Waals surface area contributed by atoms with Gasteiger partial charge in [0.25, 0.3) is 0 Å². The van der Waals surface area contributed by atoms with Crippen molar-refractivity contribution in [3.8, 4) is 9.88 Å². The average molecular weight is 316 g/mol. The molecule has 0 N–H and O–H groups in total. The van der Waals surface area contributed by atoms with E-state index in [1.54, 1.807) is 18.4 Å². The number of Topliss-reactive ketones (excluding diaryl/α,β-unsaturated/α-hetero) is 1. The monoisotopic (exact) mass is 315 g/mol. The lowest BCUT2D eigenvalue weighted by atomic mass is 10.3. The van der Waals surface area contributed by atoms with Crippen molar-refractivity contribution in [2.45, 2.75) is 13.8 Å². The summed E-state index contributed by atoms with van der Waals surface area (Å²) in [7, 11) is 0. The van der Waals surface area contributed by atoms with E-state index in [4.69, 9.17) is 16.3 Å². The van der Waals surface area contributed by atoms with Crippen LogP contribution < -0.4 is 0 Å². The molecule has 0 bridgehead atoms. The van der Waals surface area contributed by atoms with E-state index in [-0.39, 0.29) is 18.1 Å². The van der Waals surface area contributed by atoms with E-state index < -0.39 is 5.97 Å². The number of rotatable bonds is 4. The molecule has 0 aliphatic carbocycles. The lowest BCUT2D eigenvalue weighted by Crippen LogP contribution is -2.09. The van der Waals surface area contributed by atoms with Crippen molar-refractivity contribution >= 4 is 46.0 Å². The quantitative estimate of drug-likeness (QED) is 0.634. The van der Waals surface area contributed by atoms with Crippen molar-refractivity contribution in [1.82, 2.24) is 4.98 Å². The minimum Gasteiger partial charge on any atom is -0.461 e. The van der Waals surface area contributed by atoms with E-state index in [0.717, 1.165) is 4.88 Å². The first kappa shape index (κ1) is 14.2. The number of ketones is 1. The van der Waals surface area contributed by atoms with Crippen LogP contribution in [0.3, 0.4) is 0 Å². The summed E-state index contributed by atoms with van der Waals surface area (Å²) in [6.07, 6.45) is 0. The Morgan fingerprint density at radius 2 is 2.21 bits per heavy atom. The summed E-state index contributed by atoms with van der Waals surface area (Å²) in [6.45, 7) is 3.35. The summed E-state index contributed by atoms with van der Waals surface area (Å²) in [6, 6.07) is 1.75. The number of nitrogens with zero attached hydrogens (tertiary/aromatic N) is 1. The molecule has 0 unspecified atom stereocenters. The molecule has 0 aromatic carbocycles. The Morgan fingerprint density at radius 3 is 2.74 bits per heavy atom. The maximum Gasteiger partial charge on any atom is 0.358 e. The Labute approximate surface area is 123 Å². The summed E-state index contributed by atoms with van der Waals surface area (Å²) in [5, 5.41) is 2.98. The van der Waals surface area contributed by atoms with Crippen molar-refractivity contribution in [2.24, 2.45) is 0 Å². The third kappa shape index (κ3) is 3.02. The predicted molar refractivity (Wildman–Crippen MR) is 76.4 cm³/mol. The summed E-state index contributed by atoms with van der Waals surface area (Å²) >= 11 is 8.45. The zero-order valence-corrected chi connectivity index (χ0v) is 12.6. The molecule has 0 aliphatic rings. The molecule has 100 valence electrons. The largest absolute Gasteiger partial charge is 0.461 e. The van der Waals surface area contributed by atoms with Crippen molar-refractivity contribution in [3.63, 3.8) is 0 Å².